The van der Waals surface area contributed by atoms with Crippen LogP contribution >= 0.6 is 0 Å². The van der Waals surface area contributed by atoms with Crippen molar-refractivity contribution in [3.8, 4) is 0 Å². The molecule has 0 bridgehead atoms. The number of rotatable bonds is 14. The maximum Gasteiger partial charge on any atom is 0.338 e. The van der Waals surface area contributed by atoms with Gasteiger partial charge in [-0.15, -0.1) is 0 Å². The Kier molecular flexibility index (Phi) is 15.3. The Morgan fingerprint density at radius 3 is 1.40 bits per heavy atom. The van der Waals surface area contributed by atoms with E-state index in [1.54, 1.807) is 48.5 Å². The van der Waals surface area contributed by atoms with Gasteiger partial charge in [0.15, 0.2) is 37.2 Å². The van der Waals surface area contributed by atoms with Crippen molar-refractivity contribution in [1.29, 1.82) is 0 Å². The number of carbonyl (C=O) groups is 3. The first-order valence-electron chi connectivity index (χ1n) is 19.8. The van der Waals surface area contributed by atoms with Crippen molar-refractivity contribution in [3.63, 3.8) is 0 Å². The second-order valence-corrected chi connectivity index (χ2v) is 15.4. The minimum absolute atomic E-state index is 0.0567. The first kappa shape index (κ1) is 42.7. The van der Waals surface area contributed by atoms with Gasteiger partial charge in [-0.2, -0.15) is 0 Å². The van der Waals surface area contributed by atoms with E-state index in [1.807, 2.05) is 26.0 Å². The number of ether oxygens (including phenoxy) is 9. The Bertz CT molecular complexity index is 1520. The smallest absolute Gasteiger partial charge is 0.338 e. The molecular formula is C43H60O12. The highest BCUT2D eigenvalue weighted by Gasteiger charge is 2.50. The van der Waals surface area contributed by atoms with Gasteiger partial charge in [-0.3, -0.25) is 4.79 Å². The van der Waals surface area contributed by atoms with Gasteiger partial charge < -0.3 is 42.6 Å². The molecule has 3 fully saturated rings. The van der Waals surface area contributed by atoms with Crippen molar-refractivity contribution in [1.82, 2.24) is 0 Å². The molecule has 0 N–H and O–H groups in total. The largest absolute Gasteiger partial charge is 0.457 e. The second-order valence-electron chi connectivity index (χ2n) is 15.4. The molecule has 0 aromatic heterocycles. The molecule has 0 aliphatic carbocycles. The van der Waals surface area contributed by atoms with Gasteiger partial charge in [0.05, 0.1) is 42.7 Å². The SMILES string of the molecule is CCC1OC(OCC2OC(OC)C(OC(C)=O)C(COC3OC(CC)C(C)C(C)C3OC(=O)c3ccccc3)C2C)C(OC(=O)c2ccccc2)C(C)C1C. The van der Waals surface area contributed by atoms with Crippen molar-refractivity contribution in [2.45, 2.75) is 124 Å². The summed E-state index contributed by atoms with van der Waals surface area (Å²) in [6.45, 7) is 15.9. The molecular weight excluding hydrogens is 708 g/mol. The van der Waals surface area contributed by atoms with Crippen LogP contribution in [-0.4, -0.2) is 93.7 Å². The van der Waals surface area contributed by atoms with Crippen LogP contribution in [0.2, 0.25) is 0 Å². The van der Waals surface area contributed by atoms with Crippen molar-refractivity contribution in [2.75, 3.05) is 20.3 Å². The first-order chi connectivity index (χ1) is 26.4. The average molecular weight is 769 g/mol. The van der Waals surface area contributed by atoms with Crippen LogP contribution in [0.4, 0.5) is 0 Å². The average Bonchev–Trinajstić information content (AvgIpc) is 3.19. The van der Waals surface area contributed by atoms with Gasteiger partial charge in [0.1, 0.15) is 0 Å². The van der Waals surface area contributed by atoms with E-state index >= 15 is 0 Å². The van der Waals surface area contributed by atoms with Crippen LogP contribution in [0.15, 0.2) is 60.7 Å². The lowest BCUT2D eigenvalue weighted by Gasteiger charge is -2.47. The van der Waals surface area contributed by atoms with Gasteiger partial charge in [-0.1, -0.05) is 84.9 Å². The van der Waals surface area contributed by atoms with Crippen molar-refractivity contribution >= 4 is 17.9 Å². The van der Waals surface area contributed by atoms with Crippen molar-refractivity contribution in [2.24, 2.45) is 35.5 Å². The zero-order valence-electron chi connectivity index (χ0n) is 33.7. The quantitative estimate of drug-likeness (QED) is 0.147. The highest BCUT2D eigenvalue weighted by molar-refractivity contribution is 5.90. The predicted molar refractivity (Wildman–Crippen MR) is 202 cm³/mol. The lowest BCUT2D eigenvalue weighted by Crippen LogP contribution is -2.57. The molecule has 2 aromatic rings. The Balaban J connectivity index is 1.35. The molecule has 12 nitrogen and oxygen atoms in total. The molecule has 0 radical (unpaired) electrons. The molecule has 0 amide bonds. The van der Waals surface area contributed by atoms with Gasteiger partial charge in [0, 0.05) is 31.8 Å². The highest BCUT2D eigenvalue weighted by atomic mass is 16.7. The molecule has 304 valence electrons. The second kappa shape index (κ2) is 19.7. The molecule has 15 atom stereocenters. The normalized spacial score (nSPS) is 36.4. The lowest BCUT2D eigenvalue weighted by molar-refractivity contribution is -0.316. The van der Waals surface area contributed by atoms with Crippen molar-refractivity contribution in [3.05, 3.63) is 71.8 Å². The lowest BCUT2D eigenvalue weighted by atomic mass is 9.81. The summed E-state index contributed by atoms with van der Waals surface area (Å²) in [6, 6.07) is 17.7. The Hall–Kier alpha value is -3.39. The van der Waals surface area contributed by atoms with Crippen LogP contribution in [0.3, 0.4) is 0 Å². The molecule has 0 saturated carbocycles. The highest BCUT2D eigenvalue weighted by Crippen LogP contribution is 2.40. The molecule has 5 rings (SSSR count). The van der Waals surface area contributed by atoms with E-state index in [0.717, 1.165) is 12.8 Å². The topological polar surface area (TPSA) is 134 Å². The van der Waals surface area contributed by atoms with Gasteiger partial charge in [-0.25, -0.2) is 9.59 Å². The summed E-state index contributed by atoms with van der Waals surface area (Å²) < 4.78 is 56.2. The number of hydrogen-bond acceptors (Lipinski definition) is 12. The fourth-order valence-electron chi connectivity index (χ4n) is 8.09. The number of carbonyl (C=O) groups excluding carboxylic acids is 3. The minimum atomic E-state index is -0.940. The van der Waals surface area contributed by atoms with Gasteiger partial charge in [-0.05, 0) is 54.9 Å². The molecule has 0 spiro atoms. The van der Waals surface area contributed by atoms with E-state index in [-0.39, 0.29) is 55.0 Å². The van der Waals surface area contributed by atoms with Crippen LogP contribution in [-0.2, 0) is 47.4 Å². The van der Waals surface area contributed by atoms with E-state index in [2.05, 4.69) is 34.6 Å². The van der Waals surface area contributed by atoms with Gasteiger partial charge in [0.25, 0.3) is 0 Å². The van der Waals surface area contributed by atoms with Crippen LogP contribution in [0.1, 0.15) is 88.9 Å². The summed E-state index contributed by atoms with van der Waals surface area (Å²) in [4.78, 5) is 38.9. The maximum absolute atomic E-state index is 13.3. The standard InChI is InChI=1S/C43H60O12/c1-10-33-24(3)26(5)36(54-39(45)30-18-14-12-15-19-30)42(51-33)48-22-32-28(7)35(53-41(47-9)38(32)50-29(8)44)23-49-43-37(27(6)25(4)34(11-2)52-43)55-40(46)31-20-16-13-17-21-31/h12-21,24-28,32-38,41-43H,10-11,22-23H2,1-9H3. The Labute approximate surface area is 325 Å². The number of benzene rings is 2. The zero-order chi connectivity index (χ0) is 39.8. The third-order valence-electron chi connectivity index (χ3n) is 12.0. The summed E-state index contributed by atoms with van der Waals surface area (Å²) in [5.41, 5.74) is 0.879. The van der Waals surface area contributed by atoms with Crippen LogP contribution in [0.5, 0.6) is 0 Å². The molecule has 2 aromatic carbocycles. The van der Waals surface area contributed by atoms with E-state index in [1.165, 1.54) is 14.0 Å². The Morgan fingerprint density at radius 1 is 0.545 bits per heavy atom. The minimum Gasteiger partial charge on any atom is -0.457 e. The fourth-order valence-corrected chi connectivity index (χ4v) is 8.09. The predicted octanol–water partition coefficient (Wildman–Crippen LogP) is 6.84. The first-order valence-corrected chi connectivity index (χ1v) is 19.8. The number of esters is 3. The molecule has 3 saturated heterocycles. The van der Waals surface area contributed by atoms with Gasteiger partial charge in [0.2, 0.25) is 0 Å². The summed E-state index contributed by atoms with van der Waals surface area (Å²) in [6.07, 6.45) is -4.13. The summed E-state index contributed by atoms with van der Waals surface area (Å²) in [5.74, 6) is -2.06. The molecule has 3 heterocycles. The fraction of sp³-hybridized carbons (Fsp3) is 0.651. The zero-order valence-corrected chi connectivity index (χ0v) is 33.7. The Morgan fingerprint density at radius 2 is 0.982 bits per heavy atom. The third-order valence-corrected chi connectivity index (χ3v) is 12.0. The monoisotopic (exact) mass is 768 g/mol. The van der Waals surface area contributed by atoms with E-state index < -0.39 is 67.1 Å². The molecule has 3 aliphatic rings. The molecule has 12 heteroatoms. The molecule has 55 heavy (non-hydrogen) atoms. The number of hydrogen-bond donors (Lipinski definition) is 0. The maximum atomic E-state index is 13.3. The van der Waals surface area contributed by atoms with E-state index in [0.29, 0.717) is 11.1 Å². The van der Waals surface area contributed by atoms with E-state index in [4.69, 9.17) is 42.6 Å². The van der Waals surface area contributed by atoms with Crippen LogP contribution < -0.4 is 0 Å². The number of methoxy groups -OCH3 is 1. The summed E-state index contributed by atoms with van der Waals surface area (Å²) in [7, 11) is 1.49. The van der Waals surface area contributed by atoms with Gasteiger partial charge >= 0.3 is 17.9 Å². The van der Waals surface area contributed by atoms with Crippen LogP contribution in [0, 0.1) is 35.5 Å². The van der Waals surface area contributed by atoms with E-state index in [9.17, 15) is 14.4 Å². The molecule has 15 unspecified atom stereocenters. The summed E-state index contributed by atoms with van der Waals surface area (Å²) >= 11 is 0. The third kappa shape index (κ3) is 10.1. The van der Waals surface area contributed by atoms with Crippen molar-refractivity contribution < 1.29 is 57.0 Å². The molecule has 3 aliphatic heterocycles. The summed E-state index contributed by atoms with van der Waals surface area (Å²) in [5, 5.41) is 0. The van der Waals surface area contributed by atoms with Crippen LogP contribution in [0.25, 0.3) is 0 Å².